The molecule has 0 unspecified atom stereocenters. The van der Waals surface area contributed by atoms with Crippen LogP contribution in [0, 0.1) is 6.92 Å². The summed E-state index contributed by atoms with van der Waals surface area (Å²) in [5.41, 5.74) is 0. The number of piperidine rings is 1. The zero-order chi connectivity index (χ0) is 12.4. The second-order valence-electron chi connectivity index (χ2n) is 4.86. The van der Waals surface area contributed by atoms with Crippen molar-refractivity contribution in [2.75, 3.05) is 6.54 Å². The van der Waals surface area contributed by atoms with Crippen molar-refractivity contribution < 1.29 is 0 Å². The summed E-state index contributed by atoms with van der Waals surface area (Å²) in [6.45, 7) is 4.48. The first-order valence-electron chi connectivity index (χ1n) is 6.52. The summed E-state index contributed by atoms with van der Waals surface area (Å²) in [6.07, 6.45) is 5.86. The average molecular weight is 278 g/mol. The Morgan fingerprint density at radius 2 is 2.33 bits per heavy atom. The van der Waals surface area contributed by atoms with Gasteiger partial charge in [0.15, 0.2) is 0 Å². The van der Waals surface area contributed by atoms with E-state index in [9.17, 15) is 0 Å². The lowest BCUT2D eigenvalue weighted by Gasteiger charge is -2.34. The Balaban J connectivity index is 1.76. The molecule has 1 saturated heterocycles. The topological polar surface area (TPSA) is 16.1 Å². The van der Waals surface area contributed by atoms with Crippen LogP contribution < -0.4 is 0 Å². The van der Waals surface area contributed by atoms with Crippen molar-refractivity contribution in [3.8, 4) is 0 Å². The minimum Gasteiger partial charge on any atom is -0.289 e. The van der Waals surface area contributed by atoms with Crippen LogP contribution in [0.4, 0.5) is 0 Å². The molecule has 0 aliphatic carbocycles. The van der Waals surface area contributed by atoms with Crippen LogP contribution in [-0.4, -0.2) is 16.4 Å². The van der Waals surface area contributed by atoms with Crippen LogP contribution in [0.3, 0.4) is 0 Å². The number of rotatable bonds is 3. The van der Waals surface area contributed by atoms with Crippen molar-refractivity contribution in [2.45, 2.75) is 38.8 Å². The lowest BCUT2D eigenvalue weighted by Crippen LogP contribution is -2.32. The molecule has 2 nitrogen and oxygen atoms in total. The van der Waals surface area contributed by atoms with Crippen molar-refractivity contribution in [1.29, 1.82) is 0 Å². The molecule has 0 spiro atoms. The molecule has 0 bridgehead atoms. The highest BCUT2D eigenvalue weighted by atomic mass is 32.1. The van der Waals surface area contributed by atoms with E-state index in [4.69, 9.17) is 0 Å². The van der Waals surface area contributed by atoms with Crippen LogP contribution in [-0.2, 0) is 6.54 Å². The van der Waals surface area contributed by atoms with E-state index in [2.05, 4.69) is 34.3 Å². The van der Waals surface area contributed by atoms with Crippen LogP contribution in [0.2, 0.25) is 0 Å². The van der Waals surface area contributed by atoms with Gasteiger partial charge in [-0.05, 0) is 38.4 Å². The molecule has 0 amide bonds. The Morgan fingerprint density at radius 1 is 1.39 bits per heavy atom. The summed E-state index contributed by atoms with van der Waals surface area (Å²) in [4.78, 5) is 10.0. The van der Waals surface area contributed by atoms with Crippen LogP contribution in [0.5, 0.6) is 0 Å². The Labute approximate surface area is 116 Å². The molecule has 1 atom stereocenters. The maximum atomic E-state index is 4.52. The van der Waals surface area contributed by atoms with E-state index < -0.39 is 0 Å². The van der Waals surface area contributed by atoms with Gasteiger partial charge in [0.1, 0.15) is 5.01 Å². The standard InChI is InChI=1S/C14H18N2S2/c1-11-5-6-12(18-11)10-16-8-3-2-4-13(16)14-15-7-9-17-14/h5-7,9,13H,2-4,8,10H2,1H3/t13-/m1/s1. The average Bonchev–Trinajstić information content (AvgIpc) is 3.02. The maximum absolute atomic E-state index is 4.52. The highest BCUT2D eigenvalue weighted by Crippen LogP contribution is 2.33. The van der Waals surface area contributed by atoms with E-state index in [1.807, 2.05) is 17.5 Å². The van der Waals surface area contributed by atoms with Gasteiger partial charge in [0.2, 0.25) is 0 Å². The van der Waals surface area contributed by atoms with Gasteiger partial charge in [-0.15, -0.1) is 22.7 Å². The van der Waals surface area contributed by atoms with Crippen molar-refractivity contribution >= 4 is 22.7 Å². The SMILES string of the molecule is Cc1ccc(CN2CCCC[C@@H]2c2nccs2)s1. The molecule has 0 radical (unpaired) electrons. The van der Waals surface area contributed by atoms with Gasteiger partial charge in [0.25, 0.3) is 0 Å². The first-order chi connectivity index (χ1) is 8.83. The molecule has 3 rings (SSSR count). The number of hydrogen-bond donors (Lipinski definition) is 0. The quantitative estimate of drug-likeness (QED) is 0.835. The largest absolute Gasteiger partial charge is 0.289 e. The van der Waals surface area contributed by atoms with Gasteiger partial charge < -0.3 is 0 Å². The van der Waals surface area contributed by atoms with E-state index in [0.29, 0.717) is 6.04 Å². The first kappa shape index (κ1) is 12.3. The van der Waals surface area contributed by atoms with Crippen molar-refractivity contribution in [3.05, 3.63) is 38.5 Å². The van der Waals surface area contributed by atoms with Gasteiger partial charge in [0, 0.05) is 27.9 Å². The number of likely N-dealkylation sites (tertiary alicyclic amines) is 1. The molecular formula is C14H18N2S2. The normalized spacial score (nSPS) is 21.3. The van der Waals surface area contributed by atoms with Crippen molar-refractivity contribution in [3.63, 3.8) is 0 Å². The number of hydrogen-bond acceptors (Lipinski definition) is 4. The van der Waals surface area contributed by atoms with Gasteiger partial charge >= 0.3 is 0 Å². The number of nitrogens with zero attached hydrogens (tertiary/aromatic N) is 2. The van der Waals surface area contributed by atoms with Gasteiger partial charge in [0.05, 0.1) is 6.04 Å². The zero-order valence-corrected chi connectivity index (χ0v) is 12.3. The second-order valence-corrected chi connectivity index (χ2v) is 7.16. The third-order valence-electron chi connectivity index (χ3n) is 3.51. The summed E-state index contributed by atoms with van der Waals surface area (Å²) < 4.78 is 0. The van der Waals surface area contributed by atoms with Crippen molar-refractivity contribution in [2.24, 2.45) is 0 Å². The number of thiophene rings is 1. The fourth-order valence-electron chi connectivity index (χ4n) is 2.63. The Morgan fingerprint density at radius 3 is 3.06 bits per heavy atom. The fourth-order valence-corrected chi connectivity index (χ4v) is 4.35. The van der Waals surface area contributed by atoms with E-state index >= 15 is 0 Å². The molecule has 4 heteroatoms. The van der Waals surface area contributed by atoms with Crippen LogP contribution >= 0.6 is 22.7 Å². The molecular weight excluding hydrogens is 260 g/mol. The van der Waals surface area contributed by atoms with E-state index in [1.165, 1.54) is 40.6 Å². The Kier molecular flexibility index (Phi) is 3.77. The zero-order valence-electron chi connectivity index (χ0n) is 10.6. The molecule has 1 fully saturated rings. The molecule has 2 aromatic heterocycles. The predicted octanol–water partition coefficient (Wildman–Crippen LogP) is 4.24. The predicted molar refractivity (Wildman–Crippen MR) is 78.2 cm³/mol. The fraction of sp³-hybridized carbons (Fsp3) is 0.500. The van der Waals surface area contributed by atoms with Gasteiger partial charge in [-0.2, -0.15) is 0 Å². The summed E-state index contributed by atoms with van der Waals surface area (Å²) in [5.74, 6) is 0. The number of aryl methyl sites for hydroxylation is 1. The Bertz CT molecular complexity index is 490. The lowest BCUT2D eigenvalue weighted by molar-refractivity contribution is 0.141. The molecule has 0 N–H and O–H groups in total. The summed E-state index contributed by atoms with van der Waals surface area (Å²) >= 11 is 3.72. The molecule has 1 aliphatic rings. The maximum Gasteiger partial charge on any atom is 0.110 e. The van der Waals surface area contributed by atoms with E-state index in [0.717, 1.165) is 6.54 Å². The first-order valence-corrected chi connectivity index (χ1v) is 8.21. The van der Waals surface area contributed by atoms with Crippen LogP contribution in [0.1, 0.15) is 40.1 Å². The molecule has 1 aliphatic heterocycles. The minimum atomic E-state index is 0.543. The highest BCUT2D eigenvalue weighted by Gasteiger charge is 2.25. The van der Waals surface area contributed by atoms with Gasteiger partial charge in [-0.3, -0.25) is 4.90 Å². The van der Waals surface area contributed by atoms with Gasteiger partial charge in [-0.25, -0.2) is 4.98 Å². The van der Waals surface area contributed by atoms with Crippen LogP contribution in [0.25, 0.3) is 0 Å². The molecule has 2 aromatic rings. The summed E-state index contributed by atoms with van der Waals surface area (Å²) in [5, 5.41) is 3.39. The van der Waals surface area contributed by atoms with Crippen molar-refractivity contribution in [1.82, 2.24) is 9.88 Å². The monoisotopic (exact) mass is 278 g/mol. The van der Waals surface area contributed by atoms with Gasteiger partial charge in [-0.1, -0.05) is 6.42 Å². The molecule has 0 saturated carbocycles. The molecule has 0 aromatic carbocycles. The summed E-state index contributed by atoms with van der Waals surface area (Å²) in [6, 6.07) is 5.04. The molecule has 3 heterocycles. The third-order valence-corrected chi connectivity index (χ3v) is 5.37. The molecule has 96 valence electrons. The Hall–Kier alpha value is -0.710. The number of thiazole rings is 1. The number of aromatic nitrogens is 1. The van der Waals surface area contributed by atoms with E-state index in [1.54, 1.807) is 11.3 Å². The third kappa shape index (κ3) is 2.66. The van der Waals surface area contributed by atoms with Crippen LogP contribution in [0.15, 0.2) is 23.7 Å². The minimum absolute atomic E-state index is 0.543. The molecule has 18 heavy (non-hydrogen) atoms. The second kappa shape index (κ2) is 5.51. The highest BCUT2D eigenvalue weighted by molar-refractivity contribution is 7.11. The smallest absolute Gasteiger partial charge is 0.110 e. The summed E-state index contributed by atoms with van der Waals surface area (Å²) in [7, 11) is 0. The van der Waals surface area contributed by atoms with E-state index in [-0.39, 0.29) is 0 Å². The lowest BCUT2D eigenvalue weighted by atomic mass is 10.0.